The van der Waals surface area contributed by atoms with Crippen molar-refractivity contribution in [2.24, 2.45) is 0 Å². The van der Waals surface area contributed by atoms with Crippen LogP contribution in [-0.2, 0) is 9.47 Å². The molecule has 1 aromatic carbocycles. The first-order chi connectivity index (χ1) is 10.4. The number of hydrogen-bond acceptors (Lipinski definition) is 4. The van der Waals surface area contributed by atoms with Crippen molar-refractivity contribution in [3.63, 3.8) is 0 Å². The SMILES string of the molecule is CN1CCCC1c1cc(F)ccc1OCC1COC(C)(C)O1. The molecular weight excluding hydrogens is 285 g/mol. The summed E-state index contributed by atoms with van der Waals surface area (Å²) in [5.41, 5.74) is 0.929. The van der Waals surface area contributed by atoms with Gasteiger partial charge in [0.25, 0.3) is 0 Å². The quantitative estimate of drug-likeness (QED) is 0.855. The molecule has 2 saturated heterocycles. The van der Waals surface area contributed by atoms with Crippen molar-refractivity contribution in [1.82, 2.24) is 4.90 Å². The largest absolute Gasteiger partial charge is 0.490 e. The van der Waals surface area contributed by atoms with Gasteiger partial charge in [-0.3, -0.25) is 4.90 Å². The minimum Gasteiger partial charge on any atom is -0.490 e. The third kappa shape index (κ3) is 3.42. The fraction of sp³-hybridized carbons (Fsp3) is 0.647. The van der Waals surface area contributed by atoms with E-state index >= 15 is 0 Å². The Kier molecular flexibility index (Phi) is 4.39. The summed E-state index contributed by atoms with van der Waals surface area (Å²) >= 11 is 0. The fourth-order valence-electron chi connectivity index (χ4n) is 3.24. The normalized spacial score (nSPS) is 28.2. The van der Waals surface area contributed by atoms with E-state index in [1.54, 1.807) is 12.1 Å². The second-order valence-electron chi connectivity index (χ2n) is 6.58. The van der Waals surface area contributed by atoms with Gasteiger partial charge in [0.15, 0.2) is 5.79 Å². The molecular formula is C17H24FNO3. The fourth-order valence-corrected chi connectivity index (χ4v) is 3.24. The summed E-state index contributed by atoms with van der Waals surface area (Å²) in [5, 5.41) is 0. The minimum absolute atomic E-state index is 0.0887. The van der Waals surface area contributed by atoms with Gasteiger partial charge in [0.1, 0.15) is 24.3 Å². The van der Waals surface area contributed by atoms with E-state index in [1.165, 1.54) is 6.07 Å². The third-order valence-electron chi connectivity index (χ3n) is 4.34. The summed E-state index contributed by atoms with van der Waals surface area (Å²) in [4.78, 5) is 2.25. The van der Waals surface area contributed by atoms with E-state index in [1.807, 2.05) is 13.8 Å². The topological polar surface area (TPSA) is 30.9 Å². The van der Waals surface area contributed by atoms with Crippen LogP contribution >= 0.6 is 0 Å². The highest BCUT2D eigenvalue weighted by Gasteiger charge is 2.33. The summed E-state index contributed by atoms with van der Waals surface area (Å²) in [6.07, 6.45) is 2.08. The molecule has 1 aromatic rings. The number of nitrogens with zero attached hydrogens (tertiary/aromatic N) is 1. The molecule has 2 aliphatic rings. The van der Waals surface area contributed by atoms with Crippen LogP contribution in [0, 0.1) is 5.82 Å². The van der Waals surface area contributed by atoms with Gasteiger partial charge in [0, 0.05) is 11.6 Å². The maximum Gasteiger partial charge on any atom is 0.163 e. The lowest BCUT2D eigenvalue weighted by molar-refractivity contribution is -0.141. The molecule has 2 heterocycles. The predicted octanol–water partition coefficient (Wildman–Crippen LogP) is 3.12. The molecule has 2 aliphatic heterocycles. The van der Waals surface area contributed by atoms with Gasteiger partial charge in [-0.1, -0.05) is 0 Å². The molecule has 0 aliphatic carbocycles. The van der Waals surface area contributed by atoms with Crippen LogP contribution in [0.1, 0.15) is 38.3 Å². The molecule has 2 atom stereocenters. The lowest BCUT2D eigenvalue weighted by Gasteiger charge is -2.23. The molecule has 0 N–H and O–H groups in total. The van der Waals surface area contributed by atoms with Crippen molar-refractivity contribution in [1.29, 1.82) is 0 Å². The van der Waals surface area contributed by atoms with Crippen LogP contribution < -0.4 is 4.74 Å². The molecule has 4 nitrogen and oxygen atoms in total. The van der Waals surface area contributed by atoms with Gasteiger partial charge in [-0.25, -0.2) is 4.39 Å². The molecule has 0 aromatic heterocycles. The molecule has 0 amide bonds. The van der Waals surface area contributed by atoms with Gasteiger partial charge in [-0.15, -0.1) is 0 Å². The van der Waals surface area contributed by atoms with Crippen molar-refractivity contribution in [2.75, 3.05) is 26.8 Å². The number of hydrogen-bond donors (Lipinski definition) is 0. The Balaban J connectivity index is 1.71. The second-order valence-corrected chi connectivity index (χ2v) is 6.58. The average Bonchev–Trinajstić information content (AvgIpc) is 3.03. The van der Waals surface area contributed by atoms with Crippen LogP contribution in [0.15, 0.2) is 18.2 Å². The van der Waals surface area contributed by atoms with Gasteiger partial charge >= 0.3 is 0 Å². The molecule has 5 heteroatoms. The number of rotatable bonds is 4. The van der Waals surface area contributed by atoms with Gasteiger partial charge < -0.3 is 14.2 Å². The lowest BCUT2D eigenvalue weighted by atomic mass is 10.0. The molecule has 0 radical (unpaired) electrons. The van der Waals surface area contributed by atoms with E-state index in [4.69, 9.17) is 14.2 Å². The van der Waals surface area contributed by atoms with E-state index in [-0.39, 0.29) is 18.0 Å². The highest BCUT2D eigenvalue weighted by Crippen LogP contribution is 2.36. The average molecular weight is 309 g/mol. The van der Waals surface area contributed by atoms with E-state index in [0.29, 0.717) is 13.2 Å². The summed E-state index contributed by atoms with van der Waals surface area (Å²) in [7, 11) is 2.07. The Bertz CT molecular complexity index is 535. The number of ether oxygens (including phenoxy) is 3. The second kappa shape index (κ2) is 6.14. The smallest absolute Gasteiger partial charge is 0.163 e. The predicted molar refractivity (Wildman–Crippen MR) is 81.4 cm³/mol. The van der Waals surface area contributed by atoms with E-state index in [0.717, 1.165) is 30.7 Å². The van der Waals surface area contributed by atoms with Crippen molar-refractivity contribution in [3.05, 3.63) is 29.6 Å². The summed E-state index contributed by atoms with van der Waals surface area (Å²) in [6.45, 7) is 5.76. The molecule has 0 saturated carbocycles. The molecule has 22 heavy (non-hydrogen) atoms. The number of halogens is 1. The van der Waals surface area contributed by atoms with Crippen LogP contribution in [-0.4, -0.2) is 43.6 Å². The number of benzene rings is 1. The Morgan fingerprint density at radius 1 is 1.41 bits per heavy atom. The van der Waals surface area contributed by atoms with Gasteiger partial charge in [-0.2, -0.15) is 0 Å². The molecule has 3 rings (SSSR count). The summed E-state index contributed by atoms with van der Waals surface area (Å²) in [5.74, 6) is -0.0246. The van der Waals surface area contributed by atoms with E-state index in [9.17, 15) is 4.39 Å². The van der Waals surface area contributed by atoms with Crippen molar-refractivity contribution in [2.45, 2.75) is 44.6 Å². The standard InChI is InChI=1S/C17H24FNO3/c1-17(2)21-11-13(22-17)10-20-16-7-6-12(18)9-14(16)15-5-4-8-19(15)3/h6-7,9,13,15H,4-5,8,10-11H2,1-3H3. The molecule has 122 valence electrons. The van der Waals surface area contributed by atoms with Crippen molar-refractivity contribution < 1.29 is 18.6 Å². The zero-order valence-corrected chi connectivity index (χ0v) is 13.5. The summed E-state index contributed by atoms with van der Waals surface area (Å²) in [6, 6.07) is 4.99. The van der Waals surface area contributed by atoms with Crippen molar-refractivity contribution in [3.8, 4) is 5.75 Å². The van der Waals surface area contributed by atoms with Crippen molar-refractivity contribution >= 4 is 0 Å². The zero-order chi connectivity index (χ0) is 15.7. The maximum atomic E-state index is 13.7. The molecule has 0 spiro atoms. The summed E-state index contributed by atoms with van der Waals surface area (Å²) < 4.78 is 30.9. The first-order valence-corrected chi connectivity index (χ1v) is 7.89. The first kappa shape index (κ1) is 15.7. The minimum atomic E-state index is -0.550. The van der Waals surface area contributed by atoms with E-state index in [2.05, 4.69) is 11.9 Å². The van der Waals surface area contributed by atoms with Gasteiger partial charge in [0.2, 0.25) is 0 Å². The first-order valence-electron chi connectivity index (χ1n) is 7.89. The highest BCUT2D eigenvalue weighted by molar-refractivity contribution is 5.37. The Labute approximate surface area is 131 Å². The molecule has 2 fully saturated rings. The van der Waals surface area contributed by atoms with Gasteiger partial charge in [-0.05, 0) is 58.5 Å². The van der Waals surface area contributed by atoms with Crippen LogP contribution in [0.25, 0.3) is 0 Å². The van der Waals surface area contributed by atoms with E-state index < -0.39 is 5.79 Å². The van der Waals surface area contributed by atoms with Crippen LogP contribution in [0.5, 0.6) is 5.75 Å². The van der Waals surface area contributed by atoms with Crippen LogP contribution in [0.3, 0.4) is 0 Å². The molecule has 2 unspecified atom stereocenters. The molecule has 0 bridgehead atoms. The highest BCUT2D eigenvalue weighted by atomic mass is 19.1. The lowest BCUT2D eigenvalue weighted by Crippen LogP contribution is -2.25. The zero-order valence-electron chi connectivity index (χ0n) is 13.5. The Hall–Kier alpha value is -1.17. The number of likely N-dealkylation sites (tertiary alicyclic amines) is 1. The maximum absolute atomic E-state index is 13.7. The monoisotopic (exact) mass is 309 g/mol. The van der Waals surface area contributed by atoms with Crippen LogP contribution in [0.2, 0.25) is 0 Å². The third-order valence-corrected chi connectivity index (χ3v) is 4.34. The van der Waals surface area contributed by atoms with Crippen LogP contribution in [0.4, 0.5) is 4.39 Å². The van der Waals surface area contributed by atoms with Gasteiger partial charge in [0.05, 0.1) is 6.61 Å². The Morgan fingerprint density at radius 2 is 2.23 bits per heavy atom. The Morgan fingerprint density at radius 3 is 2.86 bits per heavy atom.